The van der Waals surface area contributed by atoms with E-state index in [0.29, 0.717) is 49.3 Å². The molecule has 0 unspecified atom stereocenters. The van der Waals surface area contributed by atoms with Crippen LogP contribution in [0.3, 0.4) is 0 Å². The highest BCUT2D eigenvalue weighted by atomic mass is 35.5. The first-order chi connectivity index (χ1) is 12.1. The number of amides is 1. The minimum atomic E-state index is -0.0630. The number of rotatable bonds is 6. The molecule has 7 heteroatoms. The smallest absolute Gasteiger partial charge is 0.260 e. The van der Waals surface area contributed by atoms with Gasteiger partial charge in [-0.15, -0.1) is 0 Å². The molecule has 1 aliphatic heterocycles. The lowest BCUT2D eigenvalue weighted by atomic mass is 10.2. The summed E-state index contributed by atoms with van der Waals surface area (Å²) >= 11 is 5.81. The summed E-state index contributed by atoms with van der Waals surface area (Å²) in [4.78, 5) is 28.0. The highest BCUT2D eigenvalue weighted by Gasteiger charge is 2.23. The fourth-order valence-electron chi connectivity index (χ4n) is 2.64. The number of hydrogen-bond donors (Lipinski definition) is 0. The molecule has 132 valence electrons. The summed E-state index contributed by atoms with van der Waals surface area (Å²) in [6.07, 6.45) is 1.49. The van der Waals surface area contributed by atoms with Gasteiger partial charge < -0.3 is 14.1 Å². The number of ketones is 1. The summed E-state index contributed by atoms with van der Waals surface area (Å²) < 4.78 is 10.6. The summed E-state index contributed by atoms with van der Waals surface area (Å²) in [7, 11) is 0. The second-order valence-corrected chi connectivity index (χ2v) is 6.24. The van der Waals surface area contributed by atoms with Crippen molar-refractivity contribution in [1.29, 1.82) is 0 Å². The van der Waals surface area contributed by atoms with Gasteiger partial charge in [0.2, 0.25) is 5.78 Å². The topological polar surface area (TPSA) is 63.0 Å². The first-order valence-electron chi connectivity index (χ1n) is 8.07. The first-order valence-corrected chi connectivity index (χ1v) is 8.45. The molecule has 0 atom stereocenters. The predicted octanol–water partition coefficient (Wildman–Crippen LogP) is 2.34. The van der Waals surface area contributed by atoms with E-state index in [1.807, 2.05) is 4.90 Å². The van der Waals surface area contributed by atoms with Crippen molar-refractivity contribution in [2.24, 2.45) is 0 Å². The van der Waals surface area contributed by atoms with Crippen LogP contribution in [0.2, 0.25) is 5.02 Å². The second kappa shape index (κ2) is 8.18. The maximum atomic E-state index is 12.2. The molecule has 2 aromatic rings. The standard InChI is InChI=1S/C18H19ClN2O4/c19-14-3-5-15(6-4-14)25-13-18(23)21-9-7-20(8-10-21)12-16(22)17-2-1-11-24-17/h1-6,11H,7-10,12-13H2. The molecule has 0 spiro atoms. The van der Waals surface area contributed by atoms with E-state index < -0.39 is 0 Å². The Balaban J connectivity index is 1.41. The summed E-state index contributed by atoms with van der Waals surface area (Å²) in [5, 5.41) is 0.624. The number of carbonyl (C=O) groups excluding carboxylic acids is 2. The molecule has 0 N–H and O–H groups in total. The lowest BCUT2D eigenvalue weighted by molar-refractivity contribution is -0.135. The van der Waals surface area contributed by atoms with Crippen LogP contribution >= 0.6 is 11.6 Å². The van der Waals surface area contributed by atoms with Gasteiger partial charge >= 0.3 is 0 Å². The van der Waals surface area contributed by atoms with Gasteiger partial charge in [0.25, 0.3) is 5.91 Å². The second-order valence-electron chi connectivity index (χ2n) is 5.80. The van der Waals surface area contributed by atoms with E-state index in [1.54, 1.807) is 41.3 Å². The fraction of sp³-hybridized carbons (Fsp3) is 0.333. The minimum absolute atomic E-state index is 0.00699. The van der Waals surface area contributed by atoms with E-state index in [9.17, 15) is 9.59 Å². The molecule has 1 aromatic carbocycles. The zero-order valence-electron chi connectivity index (χ0n) is 13.7. The highest BCUT2D eigenvalue weighted by molar-refractivity contribution is 6.30. The van der Waals surface area contributed by atoms with E-state index in [0.717, 1.165) is 0 Å². The Labute approximate surface area is 150 Å². The third kappa shape index (κ3) is 4.84. The van der Waals surface area contributed by atoms with Crippen LogP contribution in [-0.2, 0) is 4.79 Å². The lowest BCUT2D eigenvalue weighted by Crippen LogP contribution is -2.51. The summed E-state index contributed by atoms with van der Waals surface area (Å²) in [6, 6.07) is 10.3. The monoisotopic (exact) mass is 362 g/mol. The average molecular weight is 363 g/mol. The van der Waals surface area contributed by atoms with E-state index in [-0.39, 0.29) is 18.3 Å². The van der Waals surface area contributed by atoms with Crippen molar-refractivity contribution in [3.63, 3.8) is 0 Å². The zero-order chi connectivity index (χ0) is 17.6. The molecule has 3 rings (SSSR count). The summed E-state index contributed by atoms with van der Waals surface area (Å²) in [5.41, 5.74) is 0. The van der Waals surface area contributed by atoms with Crippen LogP contribution in [0.4, 0.5) is 0 Å². The molecule has 0 aliphatic carbocycles. The van der Waals surface area contributed by atoms with Gasteiger partial charge in [-0.2, -0.15) is 0 Å². The number of hydrogen-bond acceptors (Lipinski definition) is 5. The Kier molecular flexibility index (Phi) is 5.73. The van der Waals surface area contributed by atoms with Crippen LogP contribution in [0.25, 0.3) is 0 Å². The van der Waals surface area contributed by atoms with Crippen molar-refractivity contribution < 1.29 is 18.7 Å². The Morgan fingerprint density at radius 3 is 2.44 bits per heavy atom. The molecule has 1 fully saturated rings. The third-order valence-electron chi connectivity index (χ3n) is 4.06. The van der Waals surface area contributed by atoms with Gasteiger partial charge in [0, 0.05) is 31.2 Å². The highest BCUT2D eigenvalue weighted by Crippen LogP contribution is 2.15. The number of carbonyl (C=O) groups is 2. The van der Waals surface area contributed by atoms with E-state index >= 15 is 0 Å². The number of benzene rings is 1. The van der Waals surface area contributed by atoms with Crippen LogP contribution in [0.15, 0.2) is 47.1 Å². The van der Waals surface area contributed by atoms with Crippen molar-refractivity contribution in [3.8, 4) is 5.75 Å². The number of ether oxygens (including phenoxy) is 1. The lowest BCUT2D eigenvalue weighted by Gasteiger charge is -2.34. The molecule has 25 heavy (non-hydrogen) atoms. The van der Waals surface area contributed by atoms with Crippen LogP contribution in [0, 0.1) is 0 Å². The van der Waals surface area contributed by atoms with Gasteiger partial charge in [-0.3, -0.25) is 14.5 Å². The Hall–Kier alpha value is -2.31. The van der Waals surface area contributed by atoms with E-state index in [2.05, 4.69) is 0 Å². The summed E-state index contributed by atoms with van der Waals surface area (Å²) in [5.74, 6) is 0.873. The number of nitrogens with zero attached hydrogens (tertiary/aromatic N) is 2. The molecule has 0 saturated carbocycles. The number of furan rings is 1. The van der Waals surface area contributed by atoms with E-state index in [1.165, 1.54) is 6.26 Å². The maximum absolute atomic E-state index is 12.2. The molecule has 0 radical (unpaired) electrons. The molecule has 1 aliphatic rings. The molecule has 1 saturated heterocycles. The molecule has 6 nitrogen and oxygen atoms in total. The minimum Gasteiger partial charge on any atom is -0.484 e. The van der Waals surface area contributed by atoms with Crippen LogP contribution in [-0.4, -0.2) is 60.8 Å². The van der Waals surface area contributed by atoms with Crippen LogP contribution in [0.1, 0.15) is 10.6 Å². The van der Waals surface area contributed by atoms with Gasteiger partial charge in [-0.1, -0.05) is 11.6 Å². The van der Waals surface area contributed by atoms with Gasteiger partial charge in [-0.25, -0.2) is 0 Å². The fourth-order valence-corrected chi connectivity index (χ4v) is 2.77. The summed E-state index contributed by atoms with van der Waals surface area (Å²) in [6.45, 7) is 2.75. The normalized spacial score (nSPS) is 15.2. The SMILES string of the molecule is O=C(CN1CCN(C(=O)COc2ccc(Cl)cc2)CC1)c1ccco1. The van der Waals surface area contributed by atoms with Crippen molar-refractivity contribution in [2.75, 3.05) is 39.3 Å². The molecule has 0 bridgehead atoms. The van der Waals surface area contributed by atoms with Gasteiger partial charge in [-0.05, 0) is 36.4 Å². The Morgan fingerprint density at radius 2 is 1.80 bits per heavy atom. The van der Waals surface area contributed by atoms with Gasteiger partial charge in [0.1, 0.15) is 5.75 Å². The van der Waals surface area contributed by atoms with E-state index in [4.69, 9.17) is 20.8 Å². The average Bonchev–Trinajstić information content (AvgIpc) is 3.16. The third-order valence-corrected chi connectivity index (χ3v) is 4.32. The first kappa shape index (κ1) is 17.5. The quantitative estimate of drug-likeness (QED) is 0.738. The zero-order valence-corrected chi connectivity index (χ0v) is 14.4. The number of Topliss-reactive ketones (excluding diaryl/α,β-unsaturated/α-hetero) is 1. The Morgan fingerprint density at radius 1 is 1.08 bits per heavy atom. The molecule has 1 amide bonds. The Bertz CT molecular complexity index is 707. The van der Waals surface area contributed by atoms with Crippen molar-refractivity contribution >= 4 is 23.3 Å². The molecular weight excluding hydrogens is 344 g/mol. The molecule has 1 aromatic heterocycles. The van der Waals surface area contributed by atoms with Gasteiger partial charge in [0.05, 0.1) is 12.8 Å². The van der Waals surface area contributed by atoms with Crippen molar-refractivity contribution in [1.82, 2.24) is 9.80 Å². The van der Waals surface area contributed by atoms with Gasteiger partial charge in [0.15, 0.2) is 12.4 Å². The van der Waals surface area contributed by atoms with Crippen LogP contribution < -0.4 is 4.74 Å². The van der Waals surface area contributed by atoms with Crippen LogP contribution in [0.5, 0.6) is 5.75 Å². The van der Waals surface area contributed by atoms with Crippen molar-refractivity contribution in [2.45, 2.75) is 0 Å². The predicted molar refractivity (Wildman–Crippen MR) is 93.0 cm³/mol. The largest absolute Gasteiger partial charge is 0.484 e. The number of piperazine rings is 1. The van der Waals surface area contributed by atoms with Crippen molar-refractivity contribution in [3.05, 3.63) is 53.4 Å². The number of halogens is 1. The molecule has 2 heterocycles. The molecular formula is C18H19ClN2O4. The maximum Gasteiger partial charge on any atom is 0.260 e.